The van der Waals surface area contributed by atoms with E-state index in [4.69, 9.17) is 13.9 Å². The zero-order valence-electron chi connectivity index (χ0n) is 19.6. The average Bonchev–Trinajstić information content (AvgIpc) is 3.49. The largest absolute Gasteiger partial charge is 0.473 e. The quantitative estimate of drug-likeness (QED) is 0.272. The Bertz CT molecular complexity index is 2020. The maximum absolute atomic E-state index is 15.4. The van der Waals surface area contributed by atoms with Gasteiger partial charge in [0.05, 0.1) is 0 Å². The molecule has 4 heteroatoms. The van der Waals surface area contributed by atoms with Crippen molar-refractivity contribution in [1.82, 2.24) is 0 Å². The van der Waals surface area contributed by atoms with Crippen molar-refractivity contribution in [3.63, 3.8) is 0 Å². The standard InChI is InChI=1S/C33H19FO3/c34-27-10-4-3-9-26(27)33(23-13-14-30-25(18-23)24-8-2-6-12-29(24)36-30)19-22-17-31-21(16-32(22)37-33)15-20-7-1-5-11-28(20)35-31/h1-19H. The third kappa shape index (κ3) is 2.93. The molecule has 0 saturated heterocycles. The molecule has 3 nitrogen and oxygen atoms in total. The van der Waals surface area contributed by atoms with Crippen LogP contribution in [0.25, 0.3) is 34.1 Å². The highest BCUT2D eigenvalue weighted by Crippen LogP contribution is 2.43. The van der Waals surface area contributed by atoms with Crippen LogP contribution in [0.1, 0.15) is 16.7 Å². The van der Waals surface area contributed by atoms with Crippen molar-refractivity contribution in [3.8, 4) is 17.2 Å². The Balaban J connectivity index is 1.38. The monoisotopic (exact) mass is 482 g/mol. The minimum atomic E-state index is -1.16. The van der Waals surface area contributed by atoms with Crippen LogP contribution in [0, 0.1) is 5.82 Å². The average molecular weight is 483 g/mol. The van der Waals surface area contributed by atoms with Gasteiger partial charge in [0, 0.05) is 37.9 Å². The van der Waals surface area contributed by atoms with Gasteiger partial charge >= 0.3 is 0 Å². The Labute approximate surface area is 211 Å². The maximum Gasteiger partial charge on any atom is 0.181 e. The van der Waals surface area contributed by atoms with E-state index >= 15 is 4.39 Å². The van der Waals surface area contributed by atoms with E-state index < -0.39 is 5.60 Å². The van der Waals surface area contributed by atoms with E-state index in [2.05, 4.69) is 6.08 Å². The Morgan fingerprint density at radius 3 is 2.35 bits per heavy atom. The summed E-state index contributed by atoms with van der Waals surface area (Å²) in [4.78, 5) is 0. The Hall–Kier alpha value is -4.83. The van der Waals surface area contributed by atoms with E-state index in [1.54, 1.807) is 12.1 Å². The van der Waals surface area contributed by atoms with E-state index in [1.165, 1.54) is 6.07 Å². The van der Waals surface area contributed by atoms with Crippen molar-refractivity contribution in [2.24, 2.45) is 0 Å². The molecule has 0 amide bonds. The Kier molecular flexibility index (Phi) is 4.04. The first-order valence-corrected chi connectivity index (χ1v) is 12.2. The predicted octanol–water partition coefficient (Wildman–Crippen LogP) is 6.78. The van der Waals surface area contributed by atoms with Gasteiger partial charge in [-0.2, -0.15) is 0 Å². The van der Waals surface area contributed by atoms with Crippen LogP contribution in [-0.2, 0) is 5.60 Å². The van der Waals surface area contributed by atoms with Gasteiger partial charge in [0.2, 0.25) is 0 Å². The summed E-state index contributed by atoms with van der Waals surface area (Å²) in [6.07, 6.45) is 4.08. The molecule has 0 aliphatic carbocycles. The van der Waals surface area contributed by atoms with Gasteiger partial charge in [-0.3, -0.25) is 0 Å². The summed E-state index contributed by atoms with van der Waals surface area (Å²) in [6.45, 7) is 0. The minimum absolute atomic E-state index is 0.330. The first-order chi connectivity index (χ1) is 18.2. The first-order valence-electron chi connectivity index (χ1n) is 12.2. The molecule has 1 unspecified atom stereocenters. The van der Waals surface area contributed by atoms with Gasteiger partial charge in [-0.25, -0.2) is 4.39 Å². The first kappa shape index (κ1) is 20.4. The van der Waals surface area contributed by atoms with E-state index in [-0.39, 0.29) is 5.82 Å². The summed E-state index contributed by atoms with van der Waals surface area (Å²) < 4.78 is 34.4. The second-order valence-corrected chi connectivity index (χ2v) is 9.48. The molecular formula is C33H19FO3. The van der Waals surface area contributed by atoms with Crippen molar-refractivity contribution in [1.29, 1.82) is 0 Å². The number of hydrogen-bond donors (Lipinski definition) is 0. The Morgan fingerprint density at radius 2 is 1.41 bits per heavy atom. The van der Waals surface area contributed by atoms with E-state index in [0.29, 0.717) is 11.3 Å². The second kappa shape index (κ2) is 7.34. The molecule has 2 aliphatic rings. The van der Waals surface area contributed by atoms with Gasteiger partial charge in [0.1, 0.15) is 34.2 Å². The summed E-state index contributed by atoms with van der Waals surface area (Å²) in [6, 6.07) is 32.5. The predicted molar refractivity (Wildman–Crippen MR) is 142 cm³/mol. The number of hydrogen-bond acceptors (Lipinski definition) is 3. The molecule has 37 heavy (non-hydrogen) atoms. The molecule has 176 valence electrons. The van der Waals surface area contributed by atoms with Gasteiger partial charge in [0.15, 0.2) is 5.60 Å². The fourth-order valence-electron chi connectivity index (χ4n) is 5.54. The SMILES string of the molecule is Fc1ccccc1C1(c2ccc3oc4ccccc4c3c2)C=c2cc3c(cc2O1)=Cc1ccccc1O3. The third-order valence-electron chi connectivity index (χ3n) is 7.30. The zero-order chi connectivity index (χ0) is 24.6. The lowest BCUT2D eigenvalue weighted by atomic mass is 9.85. The molecule has 0 saturated carbocycles. The van der Waals surface area contributed by atoms with Crippen LogP contribution in [0.15, 0.2) is 108 Å². The zero-order valence-corrected chi connectivity index (χ0v) is 19.6. The highest BCUT2D eigenvalue weighted by atomic mass is 19.1. The number of fused-ring (bicyclic) bond motifs is 6. The number of benzene rings is 5. The van der Waals surface area contributed by atoms with Crippen molar-refractivity contribution < 1.29 is 18.3 Å². The fourth-order valence-corrected chi connectivity index (χ4v) is 5.54. The van der Waals surface area contributed by atoms with Gasteiger partial charge in [-0.15, -0.1) is 0 Å². The van der Waals surface area contributed by atoms with Crippen LogP contribution in [0.5, 0.6) is 17.2 Å². The van der Waals surface area contributed by atoms with Crippen molar-refractivity contribution in [2.45, 2.75) is 5.60 Å². The van der Waals surface area contributed by atoms with Crippen LogP contribution >= 0.6 is 0 Å². The minimum Gasteiger partial charge on any atom is -0.473 e. The molecule has 0 N–H and O–H groups in total. The lowest BCUT2D eigenvalue weighted by molar-refractivity contribution is 0.187. The number of rotatable bonds is 2. The molecule has 0 radical (unpaired) electrons. The summed E-state index contributed by atoms with van der Waals surface area (Å²) in [5.74, 6) is 1.91. The van der Waals surface area contributed by atoms with E-state index in [0.717, 1.165) is 55.0 Å². The highest BCUT2D eigenvalue weighted by Gasteiger charge is 2.41. The van der Waals surface area contributed by atoms with Crippen molar-refractivity contribution in [2.75, 3.05) is 0 Å². The lowest BCUT2D eigenvalue weighted by Gasteiger charge is -2.29. The summed E-state index contributed by atoms with van der Waals surface area (Å²) >= 11 is 0. The van der Waals surface area contributed by atoms with Gasteiger partial charge in [-0.05, 0) is 54.6 Å². The highest BCUT2D eigenvalue weighted by molar-refractivity contribution is 6.05. The molecule has 0 fully saturated rings. The summed E-state index contributed by atoms with van der Waals surface area (Å²) in [5.41, 5.74) is 2.71. The smallest absolute Gasteiger partial charge is 0.181 e. The van der Waals surface area contributed by atoms with Gasteiger partial charge < -0.3 is 13.9 Å². The summed E-state index contributed by atoms with van der Waals surface area (Å²) in [7, 11) is 0. The van der Waals surface area contributed by atoms with Gasteiger partial charge in [-0.1, -0.05) is 60.7 Å². The number of furan rings is 1. The molecule has 5 aromatic carbocycles. The molecular weight excluding hydrogens is 463 g/mol. The number of ether oxygens (including phenoxy) is 2. The molecule has 0 bridgehead atoms. The summed E-state index contributed by atoms with van der Waals surface area (Å²) in [5, 5.41) is 3.75. The topological polar surface area (TPSA) is 31.6 Å². The maximum atomic E-state index is 15.4. The Morgan fingerprint density at radius 1 is 0.622 bits per heavy atom. The molecule has 1 atom stereocenters. The van der Waals surface area contributed by atoms with E-state index in [1.807, 2.05) is 91.0 Å². The third-order valence-corrected chi connectivity index (χ3v) is 7.30. The normalized spacial score (nSPS) is 17.2. The molecule has 2 aliphatic heterocycles. The van der Waals surface area contributed by atoms with Crippen molar-refractivity contribution >= 4 is 34.1 Å². The van der Waals surface area contributed by atoms with Crippen molar-refractivity contribution in [3.05, 3.63) is 136 Å². The molecule has 1 aromatic heterocycles. The van der Waals surface area contributed by atoms with E-state index in [9.17, 15) is 0 Å². The molecule has 0 spiro atoms. The van der Waals surface area contributed by atoms with Crippen LogP contribution < -0.4 is 19.9 Å². The van der Waals surface area contributed by atoms with Crippen LogP contribution in [-0.4, -0.2) is 0 Å². The number of para-hydroxylation sites is 2. The number of halogens is 1. The lowest BCUT2D eigenvalue weighted by Crippen LogP contribution is -2.30. The fraction of sp³-hybridized carbons (Fsp3) is 0.0303. The van der Waals surface area contributed by atoms with Crippen LogP contribution in [0.4, 0.5) is 4.39 Å². The van der Waals surface area contributed by atoms with Crippen LogP contribution in [0.3, 0.4) is 0 Å². The molecule has 8 rings (SSSR count). The van der Waals surface area contributed by atoms with Crippen LogP contribution in [0.2, 0.25) is 0 Å². The second-order valence-electron chi connectivity index (χ2n) is 9.48. The molecule has 6 aromatic rings. The molecule has 3 heterocycles. The van der Waals surface area contributed by atoms with Gasteiger partial charge in [0.25, 0.3) is 0 Å².